The molecule has 2 aromatic rings. The van der Waals surface area contributed by atoms with Gasteiger partial charge in [-0.15, -0.1) is 0 Å². The highest BCUT2D eigenvalue weighted by Gasteiger charge is 2.33. The summed E-state index contributed by atoms with van der Waals surface area (Å²) in [5.41, 5.74) is 7.83. The van der Waals surface area contributed by atoms with E-state index in [2.05, 4.69) is 0 Å². The minimum absolute atomic E-state index is 0.0790. The van der Waals surface area contributed by atoms with E-state index in [0.29, 0.717) is 18.7 Å². The molecular weight excluding hydrogens is 342 g/mol. The van der Waals surface area contributed by atoms with Crippen LogP contribution in [0, 0.1) is 10.1 Å². The van der Waals surface area contributed by atoms with Crippen molar-refractivity contribution in [2.24, 2.45) is 5.73 Å². The number of nitro groups is 1. The standard InChI is InChI=1S/C18H18ClN3O3/c19-16-9-14(22(24)25)7-6-13(16)8-18(23)21-10-15(17(20)11-21)12-4-2-1-3-5-12/h1-7,9,15,17H,8,10-11,20H2/t15-,17+/m0/s1. The van der Waals surface area contributed by atoms with Crippen LogP contribution in [-0.4, -0.2) is 34.9 Å². The summed E-state index contributed by atoms with van der Waals surface area (Å²) < 4.78 is 0. The van der Waals surface area contributed by atoms with Crippen LogP contribution in [0.4, 0.5) is 5.69 Å². The van der Waals surface area contributed by atoms with Gasteiger partial charge in [-0.05, 0) is 11.1 Å². The van der Waals surface area contributed by atoms with Gasteiger partial charge in [-0.3, -0.25) is 14.9 Å². The molecule has 25 heavy (non-hydrogen) atoms. The smallest absolute Gasteiger partial charge is 0.270 e. The van der Waals surface area contributed by atoms with Gasteiger partial charge in [-0.1, -0.05) is 48.0 Å². The molecule has 0 unspecified atom stereocenters. The molecule has 1 aliphatic rings. The van der Waals surface area contributed by atoms with Gasteiger partial charge in [0.05, 0.1) is 16.4 Å². The Hall–Kier alpha value is -2.44. The molecule has 3 rings (SSSR count). The zero-order valence-electron chi connectivity index (χ0n) is 13.5. The number of carbonyl (C=O) groups is 1. The highest BCUT2D eigenvalue weighted by atomic mass is 35.5. The number of nitrogens with two attached hydrogens (primary N) is 1. The molecule has 0 saturated carbocycles. The molecule has 1 heterocycles. The van der Waals surface area contributed by atoms with Crippen LogP contribution in [0.25, 0.3) is 0 Å². The lowest BCUT2D eigenvalue weighted by Crippen LogP contribution is -2.33. The molecular formula is C18H18ClN3O3. The Morgan fingerprint density at radius 2 is 1.96 bits per heavy atom. The molecule has 0 bridgehead atoms. The third-order valence-corrected chi connectivity index (χ3v) is 4.89. The maximum Gasteiger partial charge on any atom is 0.270 e. The lowest BCUT2D eigenvalue weighted by Gasteiger charge is -2.17. The molecule has 1 aliphatic heterocycles. The van der Waals surface area contributed by atoms with Crippen LogP contribution in [-0.2, 0) is 11.2 Å². The number of halogens is 1. The van der Waals surface area contributed by atoms with Crippen molar-refractivity contribution < 1.29 is 9.72 Å². The van der Waals surface area contributed by atoms with Crippen molar-refractivity contribution in [2.75, 3.05) is 13.1 Å². The summed E-state index contributed by atoms with van der Waals surface area (Å²) in [6.45, 7) is 1.05. The SMILES string of the molecule is N[C@@H]1CN(C(=O)Cc2ccc([N+](=O)[O-])cc2Cl)C[C@H]1c1ccccc1. The van der Waals surface area contributed by atoms with E-state index in [1.165, 1.54) is 18.2 Å². The van der Waals surface area contributed by atoms with Crippen LogP contribution >= 0.6 is 11.6 Å². The third kappa shape index (κ3) is 3.81. The number of rotatable bonds is 4. The minimum atomic E-state index is -0.512. The van der Waals surface area contributed by atoms with E-state index in [4.69, 9.17) is 17.3 Å². The summed E-state index contributed by atoms with van der Waals surface area (Å²) in [4.78, 5) is 24.6. The first kappa shape index (κ1) is 17.4. The van der Waals surface area contributed by atoms with Crippen LogP contribution in [0.15, 0.2) is 48.5 Å². The molecule has 7 heteroatoms. The number of nitro benzene ring substituents is 1. The van der Waals surface area contributed by atoms with Crippen LogP contribution < -0.4 is 5.73 Å². The predicted molar refractivity (Wildman–Crippen MR) is 95.5 cm³/mol. The van der Waals surface area contributed by atoms with Gasteiger partial charge < -0.3 is 10.6 Å². The van der Waals surface area contributed by atoms with Gasteiger partial charge in [0.1, 0.15) is 0 Å². The fourth-order valence-electron chi connectivity index (χ4n) is 3.15. The number of benzene rings is 2. The number of amides is 1. The van der Waals surface area contributed by atoms with E-state index in [1.54, 1.807) is 4.90 Å². The monoisotopic (exact) mass is 359 g/mol. The van der Waals surface area contributed by atoms with E-state index in [1.807, 2.05) is 30.3 Å². The Balaban J connectivity index is 1.69. The molecule has 6 nitrogen and oxygen atoms in total. The molecule has 1 amide bonds. The molecule has 2 aromatic carbocycles. The Bertz CT molecular complexity index is 797. The van der Waals surface area contributed by atoms with Crippen molar-refractivity contribution in [1.29, 1.82) is 0 Å². The van der Waals surface area contributed by atoms with Crippen molar-refractivity contribution in [1.82, 2.24) is 4.90 Å². The summed E-state index contributed by atoms with van der Waals surface area (Å²) in [5.74, 6) is 0.0297. The van der Waals surface area contributed by atoms with Crippen LogP contribution in [0.1, 0.15) is 17.0 Å². The molecule has 2 N–H and O–H groups in total. The summed E-state index contributed by atoms with van der Waals surface area (Å²) in [6, 6.07) is 14.0. The second-order valence-corrected chi connectivity index (χ2v) is 6.60. The highest BCUT2D eigenvalue weighted by molar-refractivity contribution is 6.31. The van der Waals surface area contributed by atoms with Gasteiger partial charge in [-0.2, -0.15) is 0 Å². The van der Waals surface area contributed by atoms with Crippen molar-refractivity contribution >= 4 is 23.2 Å². The van der Waals surface area contributed by atoms with Gasteiger partial charge in [0.2, 0.25) is 5.91 Å². The average molecular weight is 360 g/mol. The average Bonchev–Trinajstić information content (AvgIpc) is 2.99. The Kier molecular flexibility index (Phi) is 5.01. The summed E-state index contributed by atoms with van der Waals surface area (Å²) in [6.07, 6.45) is 0.102. The lowest BCUT2D eigenvalue weighted by atomic mass is 9.95. The van der Waals surface area contributed by atoms with Crippen molar-refractivity contribution in [3.63, 3.8) is 0 Å². The largest absolute Gasteiger partial charge is 0.340 e. The number of hydrogen-bond acceptors (Lipinski definition) is 4. The van der Waals surface area contributed by atoms with Crippen LogP contribution in [0.5, 0.6) is 0 Å². The Morgan fingerprint density at radius 3 is 2.60 bits per heavy atom. The van der Waals surface area contributed by atoms with Crippen molar-refractivity contribution in [3.05, 3.63) is 74.8 Å². The second-order valence-electron chi connectivity index (χ2n) is 6.19. The summed E-state index contributed by atoms with van der Waals surface area (Å²) >= 11 is 6.08. The summed E-state index contributed by atoms with van der Waals surface area (Å²) in [7, 11) is 0. The molecule has 0 aliphatic carbocycles. The first-order valence-corrected chi connectivity index (χ1v) is 8.34. The predicted octanol–water partition coefficient (Wildman–Crippen LogP) is 2.74. The third-order valence-electron chi connectivity index (χ3n) is 4.53. The first-order valence-electron chi connectivity index (χ1n) is 7.97. The highest BCUT2D eigenvalue weighted by Crippen LogP contribution is 2.28. The lowest BCUT2D eigenvalue weighted by molar-refractivity contribution is -0.384. The molecule has 130 valence electrons. The molecule has 1 fully saturated rings. The van der Waals surface area contributed by atoms with E-state index < -0.39 is 4.92 Å². The van der Waals surface area contributed by atoms with E-state index in [-0.39, 0.29) is 35.0 Å². The van der Waals surface area contributed by atoms with Crippen molar-refractivity contribution in [2.45, 2.75) is 18.4 Å². The number of carbonyl (C=O) groups excluding carboxylic acids is 1. The quantitative estimate of drug-likeness (QED) is 0.671. The van der Waals surface area contributed by atoms with Gasteiger partial charge in [0.25, 0.3) is 5.69 Å². The van der Waals surface area contributed by atoms with Gasteiger partial charge in [-0.25, -0.2) is 0 Å². The number of nitrogens with zero attached hydrogens (tertiary/aromatic N) is 2. The number of non-ortho nitro benzene ring substituents is 1. The summed E-state index contributed by atoms with van der Waals surface area (Å²) in [5, 5.41) is 11.0. The Morgan fingerprint density at radius 1 is 1.24 bits per heavy atom. The van der Waals surface area contributed by atoms with Crippen molar-refractivity contribution in [3.8, 4) is 0 Å². The fourth-order valence-corrected chi connectivity index (χ4v) is 3.40. The van der Waals surface area contributed by atoms with E-state index in [9.17, 15) is 14.9 Å². The molecule has 0 aromatic heterocycles. The van der Waals surface area contributed by atoms with E-state index in [0.717, 1.165) is 5.56 Å². The molecule has 1 saturated heterocycles. The maximum atomic E-state index is 12.6. The zero-order valence-corrected chi connectivity index (χ0v) is 14.2. The van der Waals surface area contributed by atoms with Gasteiger partial charge >= 0.3 is 0 Å². The minimum Gasteiger partial charge on any atom is -0.340 e. The van der Waals surface area contributed by atoms with Crippen LogP contribution in [0.3, 0.4) is 0 Å². The van der Waals surface area contributed by atoms with E-state index >= 15 is 0 Å². The Labute approximate surface area is 150 Å². The van der Waals surface area contributed by atoms with Gasteiger partial charge in [0, 0.05) is 37.2 Å². The van der Waals surface area contributed by atoms with Gasteiger partial charge in [0.15, 0.2) is 0 Å². The first-order chi connectivity index (χ1) is 12.0. The maximum absolute atomic E-state index is 12.6. The molecule has 0 spiro atoms. The number of likely N-dealkylation sites (tertiary alicyclic amines) is 1. The number of hydrogen-bond donors (Lipinski definition) is 1. The fraction of sp³-hybridized carbons (Fsp3) is 0.278. The zero-order chi connectivity index (χ0) is 18.0. The molecule has 0 radical (unpaired) electrons. The normalized spacial score (nSPS) is 19.8. The topological polar surface area (TPSA) is 89.5 Å². The molecule has 2 atom stereocenters. The van der Waals surface area contributed by atoms with Crippen LogP contribution in [0.2, 0.25) is 5.02 Å². The second kappa shape index (κ2) is 7.21.